The first kappa shape index (κ1) is 44.0. The number of ether oxygens (including phenoxy) is 7. The van der Waals surface area contributed by atoms with Crippen molar-refractivity contribution >= 4 is 29.7 Å². The first-order valence-corrected chi connectivity index (χ1v) is 23.2. The van der Waals surface area contributed by atoms with Crippen molar-refractivity contribution in [2.24, 2.45) is 5.92 Å². The maximum Gasteiger partial charge on any atom is 0.331 e. The lowest BCUT2D eigenvalue weighted by Gasteiger charge is -2.62. The third kappa shape index (κ3) is 6.75. The monoisotopic (exact) mass is 896 g/mol. The van der Waals surface area contributed by atoms with Crippen LogP contribution in [0, 0.1) is 31.1 Å². The highest BCUT2D eigenvalue weighted by atomic mass is 32.2. The van der Waals surface area contributed by atoms with Crippen LogP contribution in [0.15, 0.2) is 18.2 Å². The van der Waals surface area contributed by atoms with Crippen molar-refractivity contribution in [3.63, 3.8) is 0 Å². The summed E-state index contributed by atoms with van der Waals surface area (Å²) in [6.07, 6.45) is 4.73. The molecule has 0 aromatic heterocycles. The molecule has 10 rings (SSSR count). The number of likely N-dealkylation sites (N-methyl/N-ethyl adjacent to an activating group) is 1. The molecule has 340 valence electrons. The summed E-state index contributed by atoms with van der Waals surface area (Å²) in [6.45, 7) is 9.23. The average Bonchev–Trinajstić information content (AvgIpc) is 3.76. The van der Waals surface area contributed by atoms with Crippen LogP contribution in [0.25, 0.3) is 0 Å². The van der Waals surface area contributed by atoms with Crippen LogP contribution >= 0.6 is 11.8 Å². The second kappa shape index (κ2) is 17.0. The Morgan fingerprint density at radius 3 is 2.53 bits per heavy atom. The number of carbonyl (C=O) groups excluding carboxylic acids is 3. The molecule has 16 heteroatoms. The first-order chi connectivity index (χ1) is 30.8. The second-order valence-corrected chi connectivity index (χ2v) is 19.0. The molecule has 0 amide bonds. The molecule has 3 aromatic rings. The zero-order valence-electron chi connectivity index (χ0n) is 37.6. The Bertz CT molecular complexity index is 2470. The van der Waals surface area contributed by atoms with E-state index in [1.54, 1.807) is 12.1 Å². The maximum atomic E-state index is 15.1. The number of nitrogens with one attached hydrogen (secondary N) is 1. The number of aromatic hydroxyl groups is 1. The number of hydrogen-bond acceptors (Lipinski definition) is 16. The number of thioether (sulfide) groups is 1. The predicted molar refractivity (Wildman–Crippen MR) is 235 cm³/mol. The van der Waals surface area contributed by atoms with E-state index in [2.05, 4.69) is 28.1 Å². The molecule has 7 aliphatic heterocycles. The Labute approximate surface area is 377 Å². The zero-order chi connectivity index (χ0) is 45.4. The van der Waals surface area contributed by atoms with E-state index in [1.165, 1.54) is 32.9 Å². The molecule has 2 unspecified atom stereocenters. The van der Waals surface area contributed by atoms with E-state index in [9.17, 15) is 20.0 Å². The molecular formula is C48H56N4O11S. The number of phenolic OH excluding ortho intramolecular Hbond substituents is 1. The Morgan fingerprint density at radius 1 is 1.03 bits per heavy atom. The van der Waals surface area contributed by atoms with Crippen molar-refractivity contribution in [3.05, 3.63) is 62.7 Å². The van der Waals surface area contributed by atoms with Gasteiger partial charge in [-0.25, -0.2) is 4.79 Å². The van der Waals surface area contributed by atoms with Crippen LogP contribution in [0.1, 0.15) is 108 Å². The highest BCUT2D eigenvalue weighted by Gasteiger charge is 2.62. The molecule has 7 heterocycles. The number of piperazine rings is 1. The summed E-state index contributed by atoms with van der Waals surface area (Å²) in [6, 6.07) is 5.43. The van der Waals surface area contributed by atoms with Crippen LogP contribution in [0.5, 0.6) is 40.2 Å². The van der Waals surface area contributed by atoms with Gasteiger partial charge in [0.2, 0.25) is 6.79 Å². The van der Waals surface area contributed by atoms with Gasteiger partial charge in [-0.1, -0.05) is 39.2 Å². The quantitative estimate of drug-likeness (QED) is 0.137. The van der Waals surface area contributed by atoms with Crippen molar-refractivity contribution < 1.29 is 52.6 Å². The van der Waals surface area contributed by atoms with Crippen LogP contribution in [0.4, 0.5) is 0 Å². The SMILES string of the molecule is CCCCCC(C)C(=O)Oc1cc2c(cc1OC)[C@@]1(CS[C@@H]3c4c(OC(C)=O)c(C)c5c(c4[C@@H](COC1=O)N1C3[C@H]3c4c(cc(C)c(OC)c4O)C[C@H]([C@@H]1C#N)N3C)OCO5)NCC2. The van der Waals surface area contributed by atoms with Crippen LogP contribution in [0.2, 0.25) is 0 Å². The van der Waals surface area contributed by atoms with E-state index < -0.39 is 46.9 Å². The van der Waals surface area contributed by atoms with E-state index in [0.717, 1.165) is 36.0 Å². The second-order valence-electron chi connectivity index (χ2n) is 17.9. The minimum atomic E-state index is -1.42. The number of nitrogens with zero attached hydrogens (tertiary/aromatic N) is 3. The van der Waals surface area contributed by atoms with Crippen LogP contribution in [-0.4, -0.2) is 97.9 Å². The molecule has 7 aliphatic rings. The van der Waals surface area contributed by atoms with Crippen molar-refractivity contribution in [2.45, 2.75) is 114 Å². The van der Waals surface area contributed by atoms with Gasteiger partial charge in [0.1, 0.15) is 18.4 Å². The number of hydrogen-bond donors (Lipinski definition) is 2. The summed E-state index contributed by atoms with van der Waals surface area (Å²) in [4.78, 5) is 45.9. The van der Waals surface area contributed by atoms with E-state index in [-0.39, 0.29) is 48.6 Å². The number of carbonyl (C=O) groups is 3. The minimum Gasteiger partial charge on any atom is -0.504 e. The Hall–Kier alpha value is -5.21. The molecule has 2 saturated heterocycles. The maximum absolute atomic E-state index is 15.1. The third-order valence-electron chi connectivity index (χ3n) is 14.3. The smallest absolute Gasteiger partial charge is 0.331 e. The Kier molecular flexibility index (Phi) is 11.7. The van der Waals surface area contributed by atoms with Crippen molar-refractivity contribution in [1.29, 1.82) is 5.26 Å². The standard InChI is InChI=1S/C48H56N4O11S/c1-9-10-11-12-23(2)46(55)63-34-17-27-13-14-50-48(29(27)18-33(34)57-7)21-64-45-37-36(44-43(60-22-61-44)25(4)42(37)62-26(5)53)32(20-59-47(48)56)52-31(19-49)30-16-28-15-24(3)41(58-8)40(54)35(28)38(39(45)52)51(30)6/h15,17-18,23,30-32,38-39,45,50,54H,9-14,16,20-22H2,1-8H3/t23?,30-,31+,32-,38-,39?,45-,48-/m1/s1. The number of unbranched alkanes of at least 4 members (excludes halogenated alkanes) is 2. The molecule has 2 fully saturated rings. The third-order valence-corrected chi connectivity index (χ3v) is 15.7. The number of aryl methyl sites for hydroxylation is 1. The van der Waals surface area contributed by atoms with Gasteiger partial charge in [0.15, 0.2) is 40.0 Å². The summed E-state index contributed by atoms with van der Waals surface area (Å²) in [5.41, 5.74) is 4.33. The van der Waals surface area contributed by atoms with Gasteiger partial charge in [0, 0.05) is 53.6 Å². The van der Waals surface area contributed by atoms with Gasteiger partial charge in [-0.3, -0.25) is 24.7 Å². The molecule has 3 aromatic carbocycles. The molecule has 8 atom stereocenters. The molecule has 0 saturated carbocycles. The number of rotatable bonds is 9. The van der Waals surface area contributed by atoms with E-state index in [0.29, 0.717) is 82.4 Å². The lowest BCUT2D eigenvalue weighted by atomic mass is 9.71. The number of phenols is 1. The van der Waals surface area contributed by atoms with Gasteiger partial charge in [0.05, 0.1) is 43.5 Å². The lowest BCUT2D eigenvalue weighted by molar-refractivity contribution is -0.157. The van der Waals surface area contributed by atoms with E-state index in [1.807, 2.05) is 33.9 Å². The highest BCUT2D eigenvalue weighted by molar-refractivity contribution is 7.99. The normalized spacial score (nSPS) is 27.0. The summed E-state index contributed by atoms with van der Waals surface area (Å²) in [5, 5.41) is 26.4. The summed E-state index contributed by atoms with van der Waals surface area (Å²) in [5.74, 6) is 0.632. The fourth-order valence-corrected chi connectivity index (χ4v) is 13.0. The van der Waals surface area contributed by atoms with Gasteiger partial charge in [-0.15, -0.1) is 11.8 Å². The highest BCUT2D eigenvalue weighted by Crippen LogP contribution is 2.64. The fourth-order valence-electron chi connectivity index (χ4n) is 11.3. The Morgan fingerprint density at radius 2 is 1.81 bits per heavy atom. The Balaban J connectivity index is 1.23. The molecule has 1 spiro atoms. The molecule has 2 N–H and O–H groups in total. The predicted octanol–water partition coefficient (Wildman–Crippen LogP) is 6.40. The first-order valence-electron chi connectivity index (χ1n) is 22.2. The number of benzene rings is 3. The lowest BCUT2D eigenvalue weighted by Crippen LogP contribution is -2.69. The number of fused-ring (bicyclic) bond motifs is 9. The van der Waals surface area contributed by atoms with Gasteiger partial charge in [-0.2, -0.15) is 5.26 Å². The van der Waals surface area contributed by atoms with Crippen molar-refractivity contribution in [2.75, 3.05) is 47.0 Å². The average molecular weight is 897 g/mol. The van der Waals surface area contributed by atoms with Crippen molar-refractivity contribution in [1.82, 2.24) is 15.1 Å². The molecular weight excluding hydrogens is 841 g/mol. The van der Waals surface area contributed by atoms with Crippen LogP contribution < -0.4 is 33.7 Å². The number of methoxy groups -OCH3 is 2. The van der Waals surface area contributed by atoms with Crippen LogP contribution in [0.3, 0.4) is 0 Å². The molecule has 15 nitrogen and oxygen atoms in total. The molecule has 64 heavy (non-hydrogen) atoms. The van der Waals surface area contributed by atoms with E-state index in [4.69, 9.17) is 33.2 Å². The summed E-state index contributed by atoms with van der Waals surface area (Å²) >= 11 is 1.48. The van der Waals surface area contributed by atoms with Crippen LogP contribution in [-0.2, 0) is 37.5 Å². The number of esters is 3. The fraction of sp³-hybridized carbons (Fsp3) is 0.542. The van der Waals surface area contributed by atoms with Crippen molar-refractivity contribution in [3.8, 4) is 46.3 Å². The van der Waals surface area contributed by atoms with Gasteiger partial charge in [-0.05, 0) is 74.5 Å². The minimum absolute atomic E-state index is 0.0353. The van der Waals surface area contributed by atoms with Gasteiger partial charge < -0.3 is 38.3 Å². The molecule has 0 aliphatic carbocycles. The largest absolute Gasteiger partial charge is 0.504 e. The number of nitriles is 1. The molecule has 0 radical (unpaired) electrons. The summed E-state index contributed by atoms with van der Waals surface area (Å²) in [7, 11) is 5.04. The molecule has 4 bridgehead atoms. The zero-order valence-corrected chi connectivity index (χ0v) is 38.4. The topological polar surface area (TPSA) is 178 Å². The van der Waals surface area contributed by atoms with Gasteiger partial charge in [0.25, 0.3) is 0 Å². The van der Waals surface area contributed by atoms with E-state index >= 15 is 4.79 Å². The summed E-state index contributed by atoms with van der Waals surface area (Å²) < 4.78 is 42.8. The van der Waals surface area contributed by atoms with Gasteiger partial charge >= 0.3 is 17.9 Å².